The van der Waals surface area contributed by atoms with E-state index in [2.05, 4.69) is 49.9 Å². The van der Waals surface area contributed by atoms with Crippen molar-refractivity contribution in [2.75, 3.05) is 53.9 Å². The van der Waals surface area contributed by atoms with Crippen molar-refractivity contribution in [1.29, 1.82) is 0 Å². The summed E-state index contributed by atoms with van der Waals surface area (Å²) in [5.74, 6) is 0.869. The zero-order valence-corrected chi connectivity index (χ0v) is 17.6. The van der Waals surface area contributed by atoms with Gasteiger partial charge < -0.3 is 15.5 Å². The minimum Gasteiger partial charge on any atom is -0.356 e. The quantitative estimate of drug-likeness (QED) is 0.397. The maximum absolute atomic E-state index is 4.48. The van der Waals surface area contributed by atoms with Crippen molar-refractivity contribution in [3.05, 3.63) is 16.1 Å². The molecule has 0 radical (unpaired) electrons. The Balaban J connectivity index is 0.00000264. The Labute approximate surface area is 160 Å². The van der Waals surface area contributed by atoms with Gasteiger partial charge in [-0.1, -0.05) is 0 Å². The number of hydrogen-bond donors (Lipinski definition) is 2. The second-order valence-corrected chi connectivity index (χ2v) is 6.95. The van der Waals surface area contributed by atoms with E-state index in [4.69, 9.17) is 0 Å². The van der Waals surface area contributed by atoms with Gasteiger partial charge in [-0.3, -0.25) is 9.89 Å². The number of nitrogens with zero attached hydrogens (tertiary/aromatic N) is 4. The van der Waals surface area contributed by atoms with Crippen molar-refractivity contribution in [2.24, 2.45) is 4.99 Å². The first-order valence-corrected chi connectivity index (χ1v) is 8.70. The summed E-state index contributed by atoms with van der Waals surface area (Å²) in [6, 6.07) is 0.526. The van der Waals surface area contributed by atoms with Gasteiger partial charge in [0, 0.05) is 57.6 Å². The normalized spacial score (nSPS) is 20.2. The SMILES string of the molecule is CN=C(NCCc1csc(C)n1)NCC1CN(C)CCN1C.I. The van der Waals surface area contributed by atoms with Crippen LogP contribution in [0.1, 0.15) is 10.7 Å². The van der Waals surface area contributed by atoms with Gasteiger partial charge in [0.15, 0.2) is 5.96 Å². The topological polar surface area (TPSA) is 55.8 Å². The molecule has 0 bridgehead atoms. The fraction of sp³-hybridized carbons (Fsp3) is 0.733. The predicted molar refractivity (Wildman–Crippen MR) is 109 cm³/mol. The van der Waals surface area contributed by atoms with Crippen molar-refractivity contribution in [3.8, 4) is 0 Å². The second-order valence-electron chi connectivity index (χ2n) is 5.88. The molecule has 1 aromatic rings. The number of hydrogen-bond acceptors (Lipinski definition) is 5. The largest absolute Gasteiger partial charge is 0.356 e. The number of aromatic nitrogens is 1. The molecule has 6 nitrogen and oxygen atoms in total. The number of guanidine groups is 1. The van der Waals surface area contributed by atoms with Crippen molar-refractivity contribution < 1.29 is 0 Å². The van der Waals surface area contributed by atoms with Crippen LogP contribution in [0, 0.1) is 6.92 Å². The molecule has 0 spiro atoms. The van der Waals surface area contributed by atoms with Crippen molar-refractivity contribution >= 4 is 41.3 Å². The molecule has 0 aromatic carbocycles. The molecule has 1 atom stereocenters. The molecule has 1 unspecified atom stereocenters. The van der Waals surface area contributed by atoms with Crippen LogP contribution in [0.15, 0.2) is 10.4 Å². The highest BCUT2D eigenvalue weighted by atomic mass is 127. The van der Waals surface area contributed by atoms with Crippen LogP contribution in [-0.2, 0) is 6.42 Å². The number of likely N-dealkylation sites (N-methyl/N-ethyl adjacent to an activating group) is 2. The first kappa shape index (κ1) is 20.6. The first-order chi connectivity index (χ1) is 10.6. The summed E-state index contributed by atoms with van der Waals surface area (Å²) in [5, 5.41) is 10.1. The third-order valence-corrected chi connectivity index (χ3v) is 4.87. The van der Waals surface area contributed by atoms with E-state index in [9.17, 15) is 0 Å². The van der Waals surface area contributed by atoms with Gasteiger partial charge in [-0.15, -0.1) is 35.3 Å². The van der Waals surface area contributed by atoms with Crippen molar-refractivity contribution in [2.45, 2.75) is 19.4 Å². The van der Waals surface area contributed by atoms with Crippen LogP contribution in [0.25, 0.3) is 0 Å². The smallest absolute Gasteiger partial charge is 0.191 e. The summed E-state index contributed by atoms with van der Waals surface area (Å²) < 4.78 is 0. The maximum atomic E-state index is 4.48. The monoisotopic (exact) mass is 452 g/mol. The maximum Gasteiger partial charge on any atom is 0.191 e. The van der Waals surface area contributed by atoms with Gasteiger partial charge in [-0.05, 0) is 21.0 Å². The molecule has 0 saturated carbocycles. The molecule has 0 amide bonds. The summed E-state index contributed by atoms with van der Waals surface area (Å²) >= 11 is 1.70. The molecule has 0 aliphatic carbocycles. The molecule has 1 aromatic heterocycles. The van der Waals surface area contributed by atoms with Crippen LogP contribution < -0.4 is 10.6 Å². The summed E-state index contributed by atoms with van der Waals surface area (Å²) in [4.78, 5) is 13.6. The molecule has 1 saturated heterocycles. The Bertz CT molecular complexity index is 492. The lowest BCUT2D eigenvalue weighted by molar-refractivity contribution is 0.116. The minimum atomic E-state index is 0. The lowest BCUT2D eigenvalue weighted by Crippen LogP contribution is -2.55. The Morgan fingerprint density at radius 3 is 2.83 bits per heavy atom. The second kappa shape index (κ2) is 10.4. The number of nitrogens with one attached hydrogen (secondary N) is 2. The van der Waals surface area contributed by atoms with Gasteiger partial charge >= 0.3 is 0 Å². The number of piperazine rings is 1. The van der Waals surface area contributed by atoms with E-state index in [1.165, 1.54) is 0 Å². The summed E-state index contributed by atoms with van der Waals surface area (Å²) in [6.07, 6.45) is 0.928. The third-order valence-electron chi connectivity index (χ3n) is 4.05. The third kappa shape index (κ3) is 6.90. The van der Waals surface area contributed by atoms with Gasteiger partial charge in [-0.25, -0.2) is 4.98 Å². The number of halogens is 1. The molecule has 1 fully saturated rings. The molecular weight excluding hydrogens is 423 g/mol. The number of aryl methyl sites for hydroxylation is 1. The van der Waals surface area contributed by atoms with Gasteiger partial charge in [-0.2, -0.15) is 0 Å². The molecule has 2 N–H and O–H groups in total. The minimum absolute atomic E-state index is 0. The van der Waals surface area contributed by atoms with Crippen LogP contribution >= 0.6 is 35.3 Å². The fourth-order valence-electron chi connectivity index (χ4n) is 2.59. The number of aliphatic imine (C=N–C) groups is 1. The van der Waals surface area contributed by atoms with Crippen LogP contribution in [0.2, 0.25) is 0 Å². The molecule has 2 rings (SSSR count). The molecule has 2 heterocycles. The summed E-state index contributed by atoms with van der Waals surface area (Å²) in [7, 11) is 6.20. The Hall–Kier alpha value is -0.450. The summed E-state index contributed by atoms with van der Waals surface area (Å²) in [5.41, 5.74) is 1.15. The van der Waals surface area contributed by atoms with Gasteiger partial charge in [0.25, 0.3) is 0 Å². The Kier molecular flexibility index (Phi) is 9.33. The zero-order chi connectivity index (χ0) is 15.9. The average Bonchev–Trinajstić information content (AvgIpc) is 2.91. The highest BCUT2D eigenvalue weighted by Gasteiger charge is 2.21. The standard InChI is InChI=1S/C15H28N6S.HI/c1-12-19-13(11-22-12)5-6-17-15(16-2)18-9-14-10-20(3)7-8-21(14)4;/h11,14H,5-10H2,1-4H3,(H2,16,17,18);1H. The lowest BCUT2D eigenvalue weighted by Gasteiger charge is -2.37. The summed E-state index contributed by atoms with van der Waals surface area (Å²) in [6.45, 7) is 7.17. The molecule has 1 aliphatic rings. The highest BCUT2D eigenvalue weighted by molar-refractivity contribution is 14.0. The molecule has 132 valence electrons. The van der Waals surface area contributed by atoms with E-state index in [0.717, 1.165) is 55.8 Å². The molecule has 23 heavy (non-hydrogen) atoms. The number of rotatable bonds is 5. The fourth-order valence-corrected chi connectivity index (χ4v) is 3.24. The number of thiazole rings is 1. The van der Waals surface area contributed by atoms with E-state index < -0.39 is 0 Å². The van der Waals surface area contributed by atoms with Crippen LogP contribution in [0.5, 0.6) is 0 Å². The van der Waals surface area contributed by atoms with E-state index in [-0.39, 0.29) is 24.0 Å². The van der Waals surface area contributed by atoms with Crippen LogP contribution in [0.4, 0.5) is 0 Å². The predicted octanol–water partition coefficient (Wildman–Crippen LogP) is 1.02. The van der Waals surface area contributed by atoms with Crippen LogP contribution in [0.3, 0.4) is 0 Å². The van der Waals surface area contributed by atoms with Gasteiger partial charge in [0.1, 0.15) is 0 Å². The van der Waals surface area contributed by atoms with E-state index in [1.54, 1.807) is 11.3 Å². The Morgan fingerprint density at radius 1 is 1.39 bits per heavy atom. The van der Waals surface area contributed by atoms with E-state index in [1.807, 2.05) is 14.0 Å². The van der Waals surface area contributed by atoms with Crippen molar-refractivity contribution in [3.63, 3.8) is 0 Å². The molecular formula is C15H29IN6S. The Morgan fingerprint density at radius 2 is 2.17 bits per heavy atom. The lowest BCUT2D eigenvalue weighted by atomic mass is 10.2. The molecule has 8 heteroatoms. The average molecular weight is 452 g/mol. The first-order valence-electron chi connectivity index (χ1n) is 7.83. The van der Waals surface area contributed by atoms with Gasteiger partial charge in [0.2, 0.25) is 0 Å². The molecule has 1 aliphatic heterocycles. The van der Waals surface area contributed by atoms with Crippen molar-refractivity contribution in [1.82, 2.24) is 25.4 Å². The van der Waals surface area contributed by atoms with Gasteiger partial charge in [0.05, 0.1) is 10.7 Å². The van der Waals surface area contributed by atoms with E-state index >= 15 is 0 Å². The van der Waals surface area contributed by atoms with Crippen LogP contribution in [-0.4, -0.2) is 80.7 Å². The van der Waals surface area contributed by atoms with E-state index in [0.29, 0.717) is 6.04 Å². The highest BCUT2D eigenvalue weighted by Crippen LogP contribution is 2.07. The zero-order valence-electron chi connectivity index (χ0n) is 14.5.